The van der Waals surface area contributed by atoms with Gasteiger partial charge in [0.05, 0.1) is 11.5 Å². The van der Waals surface area contributed by atoms with Gasteiger partial charge in [-0.2, -0.15) is 0 Å². The van der Waals surface area contributed by atoms with Crippen LogP contribution in [0.15, 0.2) is 0 Å². The van der Waals surface area contributed by atoms with E-state index in [1.807, 2.05) is 20.8 Å². The molecule has 0 saturated carbocycles. The zero-order valence-corrected chi connectivity index (χ0v) is 13.0. The predicted octanol–water partition coefficient (Wildman–Crippen LogP) is 2.15. The molecule has 1 rings (SSSR count). The molecule has 1 saturated heterocycles. The van der Waals surface area contributed by atoms with E-state index in [0.29, 0.717) is 19.7 Å². The molecule has 1 atom stereocenters. The van der Waals surface area contributed by atoms with Crippen molar-refractivity contribution in [3.63, 3.8) is 0 Å². The van der Waals surface area contributed by atoms with Gasteiger partial charge in [0, 0.05) is 26.1 Å². The molecular weight excluding hydrogens is 258 g/mol. The lowest BCUT2D eigenvalue weighted by Gasteiger charge is -2.35. The lowest BCUT2D eigenvalue weighted by atomic mass is 9.76. The van der Waals surface area contributed by atoms with Crippen LogP contribution in [0.1, 0.15) is 47.0 Å². The lowest BCUT2D eigenvalue weighted by molar-refractivity contribution is -0.156. The predicted molar refractivity (Wildman–Crippen MR) is 76.4 cm³/mol. The SMILES string of the molecule is CCOC1CCN(C(=O)CC(C)(C(=O)O)C(C)C)CC1. The molecule has 1 fully saturated rings. The van der Waals surface area contributed by atoms with E-state index in [1.54, 1.807) is 11.8 Å². The third-order valence-electron chi connectivity index (χ3n) is 4.48. The fourth-order valence-corrected chi connectivity index (χ4v) is 2.46. The number of carbonyl (C=O) groups excluding carboxylic acids is 1. The van der Waals surface area contributed by atoms with Crippen molar-refractivity contribution in [1.29, 1.82) is 0 Å². The van der Waals surface area contributed by atoms with Crippen molar-refractivity contribution < 1.29 is 19.4 Å². The van der Waals surface area contributed by atoms with E-state index in [2.05, 4.69) is 0 Å². The van der Waals surface area contributed by atoms with Gasteiger partial charge in [-0.25, -0.2) is 0 Å². The number of piperidine rings is 1. The summed E-state index contributed by atoms with van der Waals surface area (Å²) in [6.45, 7) is 9.35. The van der Waals surface area contributed by atoms with Gasteiger partial charge >= 0.3 is 5.97 Å². The summed E-state index contributed by atoms with van der Waals surface area (Å²) < 4.78 is 5.56. The van der Waals surface area contributed by atoms with Crippen molar-refractivity contribution in [2.24, 2.45) is 11.3 Å². The monoisotopic (exact) mass is 285 g/mol. The minimum Gasteiger partial charge on any atom is -0.481 e. The maximum Gasteiger partial charge on any atom is 0.310 e. The van der Waals surface area contributed by atoms with Gasteiger partial charge in [0.1, 0.15) is 0 Å². The summed E-state index contributed by atoms with van der Waals surface area (Å²) in [4.78, 5) is 25.5. The second kappa shape index (κ2) is 7.07. The van der Waals surface area contributed by atoms with E-state index in [9.17, 15) is 14.7 Å². The van der Waals surface area contributed by atoms with Gasteiger partial charge in [0.15, 0.2) is 0 Å². The Morgan fingerprint density at radius 2 is 1.90 bits per heavy atom. The van der Waals surface area contributed by atoms with E-state index >= 15 is 0 Å². The zero-order valence-electron chi connectivity index (χ0n) is 13.0. The van der Waals surface area contributed by atoms with E-state index in [0.717, 1.165) is 12.8 Å². The average Bonchev–Trinajstić information content (AvgIpc) is 2.39. The van der Waals surface area contributed by atoms with Crippen molar-refractivity contribution in [1.82, 2.24) is 4.90 Å². The Kier molecular flexibility index (Phi) is 5.99. The molecule has 1 amide bonds. The Morgan fingerprint density at radius 1 is 1.35 bits per heavy atom. The number of carboxylic acids is 1. The van der Waals surface area contributed by atoms with Crippen LogP contribution in [0.25, 0.3) is 0 Å². The Labute approximate surface area is 121 Å². The van der Waals surface area contributed by atoms with Crippen LogP contribution in [0.3, 0.4) is 0 Å². The van der Waals surface area contributed by atoms with Gasteiger partial charge in [-0.15, -0.1) is 0 Å². The smallest absolute Gasteiger partial charge is 0.310 e. The number of rotatable bonds is 6. The zero-order chi connectivity index (χ0) is 15.3. The number of carbonyl (C=O) groups is 2. The molecule has 0 aromatic rings. The first kappa shape index (κ1) is 17.0. The van der Waals surface area contributed by atoms with Crippen LogP contribution in [-0.2, 0) is 14.3 Å². The van der Waals surface area contributed by atoms with E-state index < -0.39 is 11.4 Å². The van der Waals surface area contributed by atoms with Crippen molar-refractivity contribution in [2.75, 3.05) is 19.7 Å². The van der Waals surface area contributed by atoms with Crippen LogP contribution in [-0.4, -0.2) is 47.7 Å². The highest BCUT2D eigenvalue weighted by Gasteiger charge is 2.40. The molecule has 116 valence electrons. The molecule has 1 unspecified atom stereocenters. The number of amides is 1. The number of nitrogens with zero attached hydrogens (tertiary/aromatic N) is 1. The molecule has 0 spiro atoms. The lowest BCUT2D eigenvalue weighted by Crippen LogP contribution is -2.45. The summed E-state index contributed by atoms with van der Waals surface area (Å²) >= 11 is 0. The average molecular weight is 285 g/mol. The van der Waals surface area contributed by atoms with Crippen LogP contribution in [0.5, 0.6) is 0 Å². The van der Waals surface area contributed by atoms with Crippen molar-refractivity contribution in [3.05, 3.63) is 0 Å². The van der Waals surface area contributed by atoms with Crippen LogP contribution in [0.4, 0.5) is 0 Å². The largest absolute Gasteiger partial charge is 0.481 e. The second-order valence-electron chi connectivity index (χ2n) is 6.09. The maximum atomic E-state index is 12.3. The van der Waals surface area contributed by atoms with Gasteiger partial charge in [-0.3, -0.25) is 9.59 Å². The van der Waals surface area contributed by atoms with Gasteiger partial charge in [0.2, 0.25) is 5.91 Å². The van der Waals surface area contributed by atoms with Gasteiger partial charge in [-0.05, 0) is 32.6 Å². The minimum absolute atomic E-state index is 0.0569. The number of ether oxygens (including phenoxy) is 1. The summed E-state index contributed by atoms with van der Waals surface area (Å²) in [6.07, 6.45) is 1.98. The van der Waals surface area contributed by atoms with E-state index in [1.165, 1.54) is 0 Å². The highest BCUT2D eigenvalue weighted by Crippen LogP contribution is 2.32. The summed E-state index contributed by atoms with van der Waals surface area (Å²) in [6, 6.07) is 0. The quantitative estimate of drug-likeness (QED) is 0.812. The maximum absolute atomic E-state index is 12.3. The number of aliphatic carboxylic acids is 1. The molecular formula is C15H27NO4. The first-order valence-electron chi connectivity index (χ1n) is 7.44. The Morgan fingerprint density at radius 3 is 2.30 bits per heavy atom. The molecule has 0 radical (unpaired) electrons. The molecule has 0 aliphatic carbocycles. The normalized spacial score (nSPS) is 19.9. The van der Waals surface area contributed by atoms with E-state index in [4.69, 9.17) is 4.74 Å². The second-order valence-corrected chi connectivity index (χ2v) is 6.09. The van der Waals surface area contributed by atoms with Gasteiger partial charge in [-0.1, -0.05) is 13.8 Å². The number of likely N-dealkylation sites (tertiary alicyclic amines) is 1. The highest BCUT2D eigenvalue weighted by molar-refractivity contribution is 5.85. The minimum atomic E-state index is -0.992. The Bertz CT molecular complexity index is 348. The molecule has 0 bridgehead atoms. The van der Waals surface area contributed by atoms with Crippen molar-refractivity contribution in [2.45, 2.75) is 53.1 Å². The molecule has 5 nitrogen and oxygen atoms in total. The molecule has 1 heterocycles. The standard InChI is InChI=1S/C15H27NO4/c1-5-20-12-6-8-16(9-7-12)13(17)10-15(4,11(2)3)14(18)19/h11-12H,5-10H2,1-4H3,(H,18,19). The first-order chi connectivity index (χ1) is 9.31. The molecule has 1 aliphatic heterocycles. The Balaban J connectivity index is 2.57. The molecule has 0 aromatic carbocycles. The van der Waals surface area contributed by atoms with Crippen LogP contribution >= 0.6 is 0 Å². The van der Waals surface area contributed by atoms with Gasteiger partial charge < -0.3 is 14.7 Å². The first-order valence-corrected chi connectivity index (χ1v) is 7.44. The topological polar surface area (TPSA) is 66.8 Å². The fourth-order valence-electron chi connectivity index (χ4n) is 2.46. The summed E-state index contributed by atoms with van der Waals surface area (Å²) in [5, 5.41) is 9.37. The summed E-state index contributed by atoms with van der Waals surface area (Å²) in [5.41, 5.74) is -0.992. The molecule has 5 heteroatoms. The summed E-state index contributed by atoms with van der Waals surface area (Å²) in [5.74, 6) is -1.03. The van der Waals surface area contributed by atoms with Crippen LogP contribution < -0.4 is 0 Å². The number of carboxylic acid groups (broad SMARTS) is 1. The Hall–Kier alpha value is -1.10. The molecule has 1 N–H and O–H groups in total. The molecule has 20 heavy (non-hydrogen) atoms. The summed E-state index contributed by atoms with van der Waals surface area (Å²) in [7, 11) is 0. The van der Waals surface area contributed by atoms with Crippen LogP contribution in [0.2, 0.25) is 0 Å². The highest BCUT2D eigenvalue weighted by atomic mass is 16.5. The third-order valence-corrected chi connectivity index (χ3v) is 4.48. The van der Waals surface area contributed by atoms with Crippen molar-refractivity contribution in [3.8, 4) is 0 Å². The third kappa shape index (κ3) is 3.95. The molecule has 1 aliphatic rings. The van der Waals surface area contributed by atoms with Gasteiger partial charge in [0.25, 0.3) is 0 Å². The number of hydrogen-bond donors (Lipinski definition) is 1. The van der Waals surface area contributed by atoms with Crippen LogP contribution in [0, 0.1) is 11.3 Å². The van der Waals surface area contributed by atoms with E-state index in [-0.39, 0.29) is 24.3 Å². The molecule has 0 aromatic heterocycles. The number of hydrogen-bond acceptors (Lipinski definition) is 3. The fraction of sp³-hybridized carbons (Fsp3) is 0.867. The van der Waals surface area contributed by atoms with Crippen molar-refractivity contribution >= 4 is 11.9 Å².